The Bertz CT molecular complexity index is 496. The lowest BCUT2D eigenvalue weighted by Crippen LogP contribution is -1.82. The molecule has 2 aromatic heterocycles. The predicted molar refractivity (Wildman–Crippen MR) is 61.5 cm³/mol. The van der Waals surface area contributed by atoms with Gasteiger partial charge in [-0.05, 0) is 24.3 Å². The molecule has 0 aliphatic heterocycles. The van der Waals surface area contributed by atoms with Gasteiger partial charge in [-0.1, -0.05) is 0 Å². The van der Waals surface area contributed by atoms with Gasteiger partial charge >= 0.3 is 0 Å². The maximum Gasteiger partial charge on any atom is 0.169 e. The summed E-state index contributed by atoms with van der Waals surface area (Å²) in [5, 5.41) is 8.56. The highest BCUT2D eigenvalue weighted by Crippen LogP contribution is 2.26. The molecule has 0 fully saturated rings. The van der Waals surface area contributed by atoms with E-state index in [0.717, 1.165) is 9.75 Å². The summed E-state index contributed by atoms with van der Waals surface area (Å²) in [5.41, 5.74) is 0. The van der Waals surface area contributed by atoms with Gasteiger partial charge in [0, 0.05) is 17.3 Å². The summed E-state index contributed by atoms with van der Waals surface area (Å²) in [7, 11) is 0. The van der Waals surface area contributed by atoms with Crippen LogP contribution in [-0.2, 0) is 0 Å². The molecular formula is C11H9FN2OS. The van der Waals surface area contributed by atoms with E-state index in [1.54, 1.807) is 24.5 Å². The number of rotatable bonds is 3. The summed E-state index contributed by atoms with van der Waals surface area (Å²) in [6.07, 6.45) is 4.62. The van der Waals surface area contributed by atoms with E-state index in [1.165, 1.54) is 17.4 Å². The standard InChI is InChI=1S/C11H9FN2OS/c12-8(7-15)6-9-2-3-10(16-9)11-13-4-1-5-14-11/h1-6,15H,7H2. The normalized spacial score (nSPS) is 11.8. The van der Waals surface area contributed by atoms with E-state index in [4.69, 9.17) is 5.11 Å². The number of aliphatic hydroxyl groups excluding tert-OH is 1. The fraction of sp³-hybridized carbons (Fsp3) is 0.0909. The van der Waals surface area contributed by atoms with Crippen molar-refractivity contribution in [2.45, 2.75) is 0 Å². The molecule has 82 valence electrons. The summed E-state index contributed by atoms with van der Waals surface area (Å²) < 4.78 is 12.8. The molecule has 0 saturated carbocycles. The number of halogens is 1. The molecule has 5 heteroatoms. The number of aromatic nitrogens is 2. The molecule has 0 aromatic carbocycles. The maximum absolute atomic E-state index is 12.8. The first kappa shape index (κ1) is 10.9. The molecular weight excluding hydrogens is 227 g/mol. The molecule has 1 N–H and O–H groups in total. The SMILES string of the molecule is OCC(F)=Cc1ccc(-c2ncccn2)s1. The van der Waals surface area contributed by atoms with Crippen molar-refractivity contribution in [2.24, 2.45) is 0 Å². The molecule has 2 aromatic rings. The molecule has 0 saturated heterocycles. The van der Waals surface area contributed by atoms with Crippen LogP contribution in [0.5, 0.6) is 0 Å². The molecule has 0 radical (unpaired) electrons. The van der Waals surface area contributed by atoms with Gasteiger partial charge in [-0.2, -0.15) is 0 Å². The monoisotopic (exact) mass is 236 g/mol. The molecule has 2 rings (SSSR count). The van der Waals surface area contributed by atoms with E-state index in [-0.39, 0.29) is 0 Å². The zero-order chi connectivity index (χ0) is 11.4. The minimum Gasteiger partial charge on any atom is -0.389 e. The van der Waals surface area contributed by atoms with Crippen LogP contribution in [0.4, 0.5) is 4.39 Å². The third-order valence-electron chi connectivity index (χ3n) is 1.86. The molecule has 0 aliphatic carbocycles. The van der Waals surface area contributed by atoms with Crippen LogP contribution in [0, 0.1) is 0 Å². The summed E-state index contributed by atoms with van der Waals surface area (Å²) in [6, 6.07) is 5.34. The Morgan fingerprint density at radius 2 is 2.12 bits per heavy atom. The number of hydrogen-bond donors (Lipinski definition) is 1. The highest BCUT2D eigenvalue weighted by atomic mass is 32.1. The van der Waals surface area contributed by atoms with Gasteiger partial charge in [-0.25, -0.2) is 14.4 Å². The number of thiophene rings is 1. The van der Waals surface area contributed by atoms with E-state index in [2.05, 4.69) is 9.97 Å². The molecule has 0 bridgehead atoms. The zero-order valence-electron chi connectivity index (χ0n) is 8.30. The van der Waals surface area contributed by atoms with Gasteiger partial charge in [0.2, 0.25) is 0 Å². The fourth-order valence-electron chi connectivity index (χ4n) is 1.18. The Morgan fingerprint density at radius 1 is 1.38 bits per heavy atom. The number of hydrogen-bond acceptors (Lipinski definition) is 4. The Labute approximate surface area is 95.9 Å². The second-order valence-corrected chi connectivity index (χ2v) is 4.14. The predicted octanol–water partition coefficient (Wildman–Crippen LogP) is 2.51. The van der Waals surface area contributed by atoms with E-state index in [9.17, 15) is 4.39 Å². The first-order valence-electron chi connectivity index (χ1n) is 4.64. The molecule has 0 atom stereocenters. The van der Waals surface area contributed by atoms with Crippen LogP contribution in [0.1, 0.15) is 4.88 Å². The second-order valence-electron chi connectivity index (χ2n) is 3.02. The van der Waals surface area contributed by atoms with Gasteiger partial charge in [0.1, 0.15) is 5.83 Å². The highest BCUT2D eigenvalue weighted by molar-refractivity contribution is 7.16. The maximum atomic E-state index is 12.8. The molecule has 3 nitrogen and oxygen atoms in total. The van der Waals surface area contributed by atoms with Crippen molar-refractivity contribution in [1.82, 2.24) is 9.97 Å². The van der Waals surface area contributed by atoms with Crippen LogP contribution in [0.15, 0.2) is 36.4 Å². The largest absolute Gasteiger partial charge is 0.389 e. The average molecular weight is 236 g/mol. The van der Waals surface area contributed by atoms with Crippen molar-refractivity contribution < 1.29 is 9.50 Å². The minimum absolute atomic E-state index is 0.553. The average Bonchev–Trinajstić information content (AvgIpc) is 2.78. The number of nitrogens with zero attached hydrogens (tertiary/aromatic N) is 2. The van der Waals surface area contributed by atoms with Crippen molar-refractivity contribution in [1.29, 1.82) is 0 Å². The minimum atomic E-state index is -0.574. The van der Waals surface area contributed by atoms with E-state index in [0.29, 0.717) is 5.82 Å². The van der Waals surface area contributed by atoms with Crippen molar-refractivity contribution in [3.05, 3.63) is 41.3 Å². The van der Waals surface area contributed by atoms with Crippen molar-refractivity contribution in [2.75, 3.05) is 6.61 Å². The van der Waals surface area contributed by atoms with Gasteiger partial charge in [0.15, 0.2) is 5.82 Å². The van der Waals surface area contributed by atoms with Gasteiger partial charge in [-0.15, -0.1) is 11.3 Å². The van der Waals surface area contributed by atoms with Crippen LogP contribution in [0.25, 0.3) is 16.8 Å². The number of aliphatic hydroxyl groups is 1. The third kappa shape index (κ3) is 2.50. The van der Waals surface area contributed by atoms with Crippen LogP contribution < -0.4 is 0 Å². The first-order valence-corrected chi connectivity index (χ1v) is 5.45. The Kier molecular flexibility index (Phi) is 3.38. The van der Waals surface area contributed by atoms with Crippen molar-refractivity contribution in [3.63, 3.8) is 0 Å². The third-order valence-corrected chi connectivity index (χ3v) is 2.89. The summed E-state index contributed by atoms with van der Waals surface area (Å²) in [4.78, 5) is 9.80. The lowest BCUT2D eigenvalue weighted by atomic mass is 10.3. The zero-order valence-corrected chi connectivity index (χ0v) is 9.12. The molecule has 0 unspecified atom stereocenters. The lowest BCUT2D eigenvalue weighted by Gasteiger charge is -1.92. The summed E-state index contributed by atoms with van der Waals surface area (Å²) in [6.45, 7) is -0.574. The van der Waals surface area contributed by atoms with E-state index < -0.39 is 12.4 Å². The Balaban J connectivity index is 2.27. The second kappa shape index (κ2) is 4.96. The molecule has 0 amide bonds. The fourth-order valence-corrected chi connectivity index (χ4v) is 2.09. The van der Waals surface area contributed by atoms with Gasteiger partial charge in [0.25, 0.3) is 0 Å². The van der Waals surface area contributed by atoms with Gasteiger partial charge in [0.05, 0.1) is 11.5 Å². The Morgan fingerprint density at radius 3 is 2.81 bits per heavy atom. The summed E-state index contributed by atoms with van der Waals surface area (Å²) in [5.74, 6) is 0.0685. The van der Waals surface area contributed by atoms with Gasteiger partial charge in [-0.3, -0.25) is 0 Å². The van der Waals surface area contributed by atoms with Crippen LogP contribution in [0.2, 0.25) is 0 Å². The molecule has 16 heavy (non-hydrogen) atoms. The van der Waals surface area contributed by atoms with E-state index in [1.807, 2.05) is 6.07 Å². The summed E-state index contributed by atoms with van der Waals surface area (Å²) >= 11 is 1.38. The molecule has 0 spiro atoms. The first-order chi connectivity index (χ1) is 7.79. The quantitative estimate of drug-likeness (QED) is 0.890. The van der Waals surface area contributed by atoms with Gasteiger partial charge < -0.3 is 5.11 Å². The van der Waals surface area contributed by atoms with E-state index >= 15 is 0 Å². The molecule has 2 heterocycles. The van der Waals surface area contributed by atoms with Crippen LogP contribution >= 0.6 is 11.3 Å². The van der Waals surface area contributed by atoms with Crippen LogP contribution in [0.3, 0.4) is 0 Å². The highest BCUT2D eigenvalue weighted by Gasteiger charge is 2.04. The molecule has 0 aliphatic rings. The smallest absolute Gasteiger partial charge is 0.169 e. The topological polar surface area (TPSA) is 46.0 Å². The van der Waals surface area contributed by atoms with Crippen molar-refractivity contribution in [3.8, 4) is 10.7 Å². The Hall–Kier alpha value is -1.59. The van der Waals surface area contributed by atoms with Crippen molar-refractivity contribution >= 4 is 17.4 Å². The van der Waals surface area contributed by atoms with Crippen LogP contribution in [-0.4, -0.2) is 21.7 Å². The lowest BCUT2D eigenvalue weighted by molar-refractivity contribution is 0.300.